The Hall–Kier alpha value is -2.36. The van der Waals surface area contributed by atoms with Crippen molar-refractivity contribution in [2.24, 2.45) is 0 Å². The van der Waals surface area contributed by atoms with Crippen LogP contribution < -0.4 is 20.5 Å². The standard InChI is InChI=1S/C15H18N2O2/c1-3-19-14-9-5-8-13(15(14)16)17-11-6-4-7-12(10-11)18-2/h4-10,17H,3,16H2,1-2H3. The Morgan fingerprint density at radius 1 is 1.16 bits per heavy atom. The van der Waals surface area contributed by atoms with E-state index >= 15 is 0 Å². The smallest absolute Gasteiger partial charge is 0.144 e. The first-order chi connectivity index (χ1) is 9.24. The lowest BCUT2D eigenvalue weighted by Crippen LogP contribution is -2.01. The van der Waals surface area contributed by atoms with Crippen molar-refractivity contribution in [3.63, 3.8) is 0 Å². The molecule has 2 rings (SSSR count). The van der Waals surface area contributed by atoms with Gasteiger partial charge in [-0.15, -0.1) is 0 Å². The molecule has 0 saturated carbocycles. The average Bonchev–Trinajstić information content (AvgIpc) is 2.44. The number of anilines is 3. The Bertz CT molecular complexity index is 556. The Kier molecular flexibility index (Phi) is 4.13. The molecule has 0 spiro atoms. The van der Waals surface area contributed by atoms with Crippen molar-refractivity contribution in [3.8, 4) is 11.5 Å². The van der Waals surface area contributed by atoms with Crippen molar-refractivity contribution < 1.29 is 9.47 Å². The summed E-state index contributed by atoms with van der Waals surface area (Å²) in [5.41, 5.74) is 8.41. The van der Waals surface area contributed by atoms with Crippen LogP contribution in [0.1, 0.15) is 6.92 Å². The fourth-order valence-corrected chi connectivity index (χ4v) is 1.79. The van der Waals surface area contributed by atoms with E-state index in [2.05, 4.69) is 5.32 Å². The van der Waals surface area contributed by atoms with E-state index in [0.29, 0.717) is 18.0 Å². The lowest BCUT2D eigenvalue weighted by molar-refractivity contribution is 0.342. The lowest BCUT2D eigenvalue weighted by atomic mass is 10.2. The second kappa shape index (κ2) is 6.00. The van der Waals surface area contributed by atoms with E-state index in [-0.39, 0.29) is 0 Å². The molecule has 0 amide bonds. The number of hydrogen-bond donors (Lipinski definition) is 2. The molecule has 0 aliphatic carbocycles. The summed E-state index contributed by atoms with van der Waals surface area (Å²) in [5.74, 6) is 1.49. The largest absolute Gasteiger partial charge is 0.497 e. The van der Waals surface area contributed by atoms with Crippen LogP contribution in [0.4, 0.5) is 17.1 Å². The van der Waals surface area contributed by atoms with Gasteiger partial charge >= 0.3 is 0 Å². The number of nitrogen functional groups attached to an aromatic ring is 1. The number of ether oxygens (including phenoxy) is 2. The third kappa shape index (κ3) is 3.10. The minimum Gasteiger partial charge on any atom is -0.497 e. The zero-order valence-corrected chi connectivity index (χ0v) is 11.1. The fourth-order valence-electron chi connectivity index (χ4n) is 1.79. The second-order valence-electron chi connectivity index (χ2n) is 4.01. The van der Waals surface area contributed by atoms with E-state index in [0.717, 1.165) is 17.1 Å². The quantitative estimate of drug-likeness (QED) is 0.807. The van der Waals surface area contributed by atoms with Gasteiger partial charge in [0.25, 0.3) is 0 Å². The molecule has 2 aromatic carbocycles. The Labute approximate surface area is 113 Å². The zero-order chi connectivity index (χ0) is 13.7. The predicted molar refractivity (Wildman–Crippen MR) is 78.3 cm³/mol. The molecule has 100 valence electrons. The molecule has 0 radical (unpaired) electrons. The molecule has 0 bridgehead atoms. The van der Waals surface area contributed by atoms with Gasteiger partial charge in [0.2, 0.25) is 0 Å². The zero-order valence-electron chi connectivity index (χ0n) is 11.1. The van der Waals surface area contributed by atoms with Gasteiger partial charge in [0.05, 0.1) is 25.1 Å². The first-order valence-electron chi connectivity index (χ1n) is 6.17. The van der Waals surface area contributed by atoms with E-state index in [4.69, 9.17) is 15.2 Å². The van der Waals surface area contributed by atoms with Crippen molar-refractivity contribution >= 4 is 17.1 Å². The normalized spacial score (nSPS) is 10.0. The van der Waals surface area contributed by atoms with Gasteiger partial charge in [-0.05, 0) is 31.2 Å². The second-order valence-corrected chi connectivity index (χ2v) is 4.01. The molecule has 4 nitrogen and oxygen atoms in total. The van der Waals surface area contributed by atoms with Crippen LogP contribution >= 0.6 is 0 Å². The van der Waals surface area contributed by atoms with Crippen LogP contribution in [-0.4, -0.2) is 13.7 Å². The van der Waals surface area contributed by atoms with Crippen LogP contribution in [0.2, 0.25) is 0 Å². The van der Waals surface area contributed by atoms with Gasteiger partial charge in [-0.3, -0.25) is 0 Å². The molecular weight excluding hydrogens is 240 g/mol. The summed E-state index contributed by atoms with van der Waals surface area (Å²) < 4.78 is 10.7. The number of hydrogen-bond acceptors (Lipinski definition) is 4. The number of methoxy groups -OCH3 is 1. The minimum absolute atomic E-state index is 0.590. The van der Waals surface area contributed by atoms with Gasteiger partial charge in [-0.25, -0.2) is 0 Å². The maximum atomic E-state index is 6.07. The highest BCUT2D eigenvalue weighted by Crippen LogP contribution is 2.32. The van der Waals surface area contributed by atoms with Crippen molar-refractivity contribution in [3.05, 3.63) is 42.5 Å². The SMILES string of the molecule is CCOc1cccc(Nc2cccc(OC)c2)c1N. The monoisotopic (exact) mass is 258 g/mol. The van der Waals surface area contributed by atoms with E-state index in [1.165, 1.54) is 0 Å². The highest BCUT2D eigenvalue weighted by atomic mass is 16.5. The summed E-state index contributed by atoms with van der Waals surface area (Å²) in [4.78, 5) is 0. The number of rotatable bonds is 5. The molecule has 0 aliphatic heterocycles. The van der Waals surface area contributed by atoms with Crippen LogP contribution in [-0.2, 0) is 0 Å². The highest BCUT2D eigenvalue weighted by Gasteiger charge is 2.06. The molecule has 4 heteroatoms. The molecule has 0 atom stereocenters. The summed E-state index contributed by atoms with van der Waals surface area (Å²) >= 11 is 0. The molecule has 0 aliphatic rings. The van der Waals surface area contributed by atoms with E-state index in [1.807, 2.05) is 49.4 Å². The first kappa shape index (κ1) is 13.1. The summed E-state index contributed by atoms with van der Waals surface area (Å²) in [7, 11) is 1.64. The van der Waals surface area contributed by atoms with Gasteiger partial charge < -0.3 is 20.5 Å². The lowest BCUT2D eigenvalue weighted by Gasteiger charge is -2.13. The van der Waals surface area contributed by atoms with Crippen LogP contribution in [0, 0.1) is 0 Å². The number of nitrogens with two attached hydrogens (primary N) is 1. The fraction of sp³-hybridized carbons (Fsp3) is 0.200. The topological polar surface area (TPSA) is 56.5 Å². The molecular formula is C15H18N2O2. The maximum absolute atomic E-state index is 6.07. The number of para-hydroxylation sites is 1. The van der Waals surface area contributed by atoms with Crippen LogP contribution in [0.25, 0.3) is 0 Å². The number of benzene rings is 2. The molecule has 2 aromatic rings. The molecule has 0 aromatic heterocycles. The van der Waals surface area contributed by atoms with Gasteiger partial charge in [0.1, 0.15) is 11.5 Å². The molecule has 0 unspecified atom stereocenters. The molecule has 19 heavy (non-hydrogen) atoms. The first-order valence-corrected chi connectivity index (χ1v) is 6.17. The minimum atomic E-state index is 0.590. The van der Waals surface area contributed by atoms with Gasteiger partial charge in [0, 0.05) is 11.8 Å². The third-order valence-electron chi connectivity index (χ3n) is 2.71. The van der Waals surface area contributed by atoms with Gasteiger partial charge in [0.15, 0.2) is 0 Å². The van der Waals surface area contributed by atoms with Crippen molar-refractivity contribution in [2.45, 2.75) is 6.92 Å². The highest BCUT2D eigenvalue weighted by molar-refractivity contribution is 5.77. The molecule has 0 heterocycles. The van der Waals surface area contributed by atoms with Gasteiger partial charge in [-0.1, -0.05) is 12.1 Å². The van der Waals surface area contributed by atoms with Crippen molar-refractivity contribution in [2.75, 3.05) is 24.8 Å². The molecule has 0 fully saturated rings. The Morgan fingerprint density at radius 3 is 2.68 bits per heavy atom. The number of nitrogens with one attached hydrogen (secondary N) is 1. The summed E-state index contributed by atoms with van der Waals surface area (Å²) in [5, 5.41) is 3.26. The maximum Gasteiger partial charge on any atom is 0.144 e. The summed E-state index contributed by atoms with van der Waals surface area (Å²) in [6, 6.07) is 13.4. The summed E-state index contributed by atoms with van der Waals surface area (Å²) in [6.45, 7) is 2.52. The average molecular weight is 258 g/mol. The Morgan fingerprint density at radius 2 is 1.95 bits per heavy atom. The predicted octanol–water partition coefficient (Wildman–Crippen LogP) is 3.42. The van der Waals surface area contributed by atoms with Crippen molar-refractivity contribution in [1.82, 2.24) is 0 Å². The van der Waals surface area contributed by atoms with E-state index in [1.54, 1.807) is 7.11 Å². The van der Waals surface area contributed by atoms with E-state index in [9.17, 15) is 0 Å². The molecule has 3 N–H and O–H groups in total. The van der Waals surface area contributed by atoms with Crippen LogP contribution in [0.3, 0.4) is 0 Å². The third-order valence-corrected chi connectivity index (χ3v) is 2.71. The van der Waals surface area contributed by atoms with Crippen LogP contribution in [0.5, 0.6) is 11.5 Å². The Balaban J connectivity index is 2.25. The summed E-state index contributed by atoms with van der Waals surface area (Å²) in [6.07, 6.45) is 0. The van der Waals surface area contributed by atoms with E-state index < -0.39 is 0 Å². The van der Waals surface area contributed by atoms with Crippen molar-refractivity contribution in [1.29, 1.82) is 0 Å². The van der Waals surface area contributed by atoms with Gasteiger partial charge in [-0.2, -0.15) is 0 Å². The molecule has 0 saturated heterocycles. The van der Waals surface area contributed by atoms with Crippen LogP contribution in [0.15, 0.2) is 42.5 Å².